The maximum Gasteiger partial charge on any atom is 0.323 e. The molecule has 0 saturated carbocycles. The van der Waals surface area contributed by atoms with Crippen molar-refractivity contribution in [3.8, 4) is 0 Å². The van der Waals surface area contributed by atoms with Crippen LogP contribution in [0.4, 0.5) is 0 Å². The van der Waals surface area contributed by atoms with Gasteiger partial charge in [-0.3, -0.25) is 9.59 Å². The van der Waals surface area contributed by atoms with Crippen LogP contribution in [0.3, 0.4) is 0 Å². The maximum atomic E-state index is 10.3. The van der Waals surface area contributed by atoms with E-state index < -0.39 is 18.0 Å². The minimum absolute atomic E-state index is 0.269. The third-order valence-electron chi connectivity index (χ3n) is 2.76. The summed E-state index contributed by atoms with van der Waals surface area (Å²) in [6, 6.07) is -1.13. The Morgan fingerprint density at radius 1 is 1.37 bits per heavy atom. The van der Waals surface area contributed by atoms with Gasteiger partial charge in [-0.2, -0.15) is 5.48 Å². The van der Waals surface area contributed by atoms with Crippen LogP contribution in [-0.2, 0) is 9.59 Å². The second kappa shape index (κ2) is 10.7. The molecule has 1 aliphatic heterocycles. The fourth-order valence-corrected chi connectivity index (χ4v) is 1.63. The van der Waals surface area contributed by atoms with E-state index in [1.807, 2.05) is 0 Å². The van der Waals surface area contributed by atoms with Gasteiger partial charge in [0.25, 0.3) is 0 Å². The molecule has 0 aliphatic carbocycles. The van der Waals surface area contributed by atoms with Crippen molar-refractivity contribution in [1.29, 1.82) is 0 Å². The highest BCUT2D eigenvalue weighted by molar-refractivity contribution is 5.73. The average molecular weight is 277 g/mol. The first-order valence-corrected chi connectivity index (χ1v) is 6.31. The van der Waals surface area contributed by atoms with Crippen LogP contribution in [-0.4, -0.2) is 52.5 Å². The smallest absolute Gasteiger partial charge is 0.323 e. The Kier molecular flexibility index (Phi) is 9.99. The number of hydroxylamine groups is 1. The minimum atomic E-state index is -1.04. The van der Waals surface area contributed by atoms with Gasteiger partial charge in [0.1, 0.15) is 12.1 Å². The molecule has 0 radical (unpaired) electrons. The molecule has 0 aromatic carbocycles. The van der Waals surface area contributed by atoms with E-state index >= 15 is 0 Å². The molecule has 0 amide bonds. The normalized spacial score (nSPS) is 19.4. The van der Waals surface area contributed by atoms with Crippen LogP contribution in [0, 0.1) is 0 Å². The zero-order chi connectivity index (χ0) is 14.7. The van der Waals surface area contributed by atoms with E-state index in [4.69, 9.17) is 21.2 Å². The summed E-state index contributed by atoms with van der Waals surface area (Å²) < 4.78 is 0. The topological polar surface area (TPSA) is 145 Å². The van der Waals surface area contributed by atoms with Crippen molar-refractivity contribution in [1.82, 2.24) is 10.8 Å². The van der Waals surface area contributed by atoms with Gasteiger partial charge >= 0.3 is 11.9 Å². The molecule has 7 N–H and O–H groups in total. The monoisotopic (exact) mass is 277 g/mol. The number of aliphatic carboxylic acids is 2. The van der Waals surface area contributed by atoms with Gasteiger partial charge in [-0.15, -0.1) is 0 Å². The van der Waals surface area contributed by atoms with Crippen molar-refractivity contribution in [2.75, 3.05) is 13.1 Å². The first-order valence-electron chi connectivity index (χ1n) is 6.31. The van der Waals surface area contributed by atoms with Gasteiger partial charge in [-0.25, -0.2) is 0 Å². The largest absolute Gasteiger partial charge is 0.480 e. The Labute approximate surface area is 111 Å². The quantitative estimate of drug-likeness (QED) is 0.266. The Morgan fingerprint density at radius 2 is 2.05 bits per heavy atom. The molecule has 0 unspecified atom stereocenters. The van der Waals surface area contributed by atoms with E-state index in [1.165, 1.54) is 0 Å². The van der Waals surface area contributed by atoms with Crippen LogP contribution >= 0.6 is 0 Å². The molecule has 0 bridgehead atoms. The number of nitrogens with two attached hydrogens (primary N) is 1. The Morgan fingerprint density at radius 3 is 2.37 bits per heavy atom. The van der Waals surface area contributed by atoms with Crippen molar-refractivity contribution < 1.29 is 25.0 Å². The SMILES string of the molecule is NCCCC[C@H](NO)C(=O)O.O=C(O)[C@@H]1CCCN1. The predicted molar refractivity (Wildman–Crippen MR) is 67.9 cm³/mol. The number of hydrogen-bond acceptors (Lipinski definition) is 6. The standard InChI is InChI=1S/C6H14N2O3.C5H9NO2/c7-4-2-1-3-5(8-11)6(9)10;7-5(8)4-2-1-3-6-4/h5,8,11H,1-4,7H2,(H,9,10);4,6H,1-3H2,(H,7,8)/t5-;4-/m00/s1. The van der Waals surface area contributed by atoms with E-state index in [1.54, 1.807) is 5.48 Å². The predicted octanol–water partition coefficient (Wildman–Crippen LogP) is -0.630. The molecule has 0 spiro atoms. The van der Waals surface area contributed by atoms with E-state index in [0.717, 1.165) is 25.8 Å². The third-order valence-corrected chi connectivity index (χ3v) is 2.76. The van der Waals surface area contributed by atoms with Crippen molar-refractivity contribution in [3.05, 3.63) is 0 Å². The molecule has 1 fully saturated rings. The summed E-state index contributed by atoms with van der Waals surface area (Å²) >= 11 is 0. The van der Waals surface area contributed by atoms with E-state index in [2.05, 4.69) is 5.32 Å². The average Bonchev–Trinajstić information content (AvgIpc) is 2.89. The molecule has 1 saturated heterocycles. The van der Waals surface area contributed by atoms with Crippen molar-refractivity contribution in [2.24, 2.45) is 5.73 Å². The first kappa shape index (κ1) is 17.8. The number of rotatable bonds is 7. The van der Waals surface area contributed by atoms with Gasteiger partial charge < -0.3 is 26.5 Å². The fourth-order valence-electron chi connectivity index (χ4n) is 1.63. The van der Waals surface area contributed by atoms with Crippen LogP contribution in [0.1, 0.15) is 32.1 Å². The van der Waals surface area contributed by atoms with Crippen LogP contribution < -0.4 is 16.5 Å². The molecule has 2 atom stereocenters. The van der Waals surface area contributed by atoms with Crippen LogP contribution in [0.2, 0.25) is 0 Å². The molecule has 0 aromatic rings. The number of nitrogens with one attached hydrogen (secondary N) is 2. The molecule has 1 heterocycles. The Balaban J connectivity index is 0.000000356. The molecule has 1 rings (SSSR count). The lowest BCUT2D eigenvalue weighted by atomic mass is 10.1. The second-order valence-electron chi connectivity index (χ2n) is 4.29. The summed E-state index contributed by atoms with van der Waals surface area (Å²) in [6.07, 6.45) is 3.68. The molecule has 112 valence electrons. The molecule has 0 aromatic heterocycles. The third kappa shape index (κ3) is 8.49. The highest BCUT2D eigenvalue weighted by Gasteiger charge is 2.20. The number of carbonyl (C=O) groups is 2. The molecule has 8 nitrogen and oxygen atoms in total. The van der Waals surface area contributed by atoms with Gasteiger partial charge in [0, 0.05) is 0 Å². The summed E-state index contributed by atoms with van der Waals surface area (Å²) in [4.78, 5) is 20.4. The highest BCUT2D eigenvalue weighted by Crippen LogP contribution is 2.03. The van der Waals surface area contributed by atoms with E-state index in [-0.39, 0.29) is 6.04 Å². The Bertz CT molecular complexity index is 269. The van der Waals surface area contributed by atoms with Crippen LogP contribution in [0.25, 0.3) is 0 Å². The summed E-state index contributed by atoms with van der Waals surface area (Å²) in [5.41, 5.74) is 6.92. The lowest BCUT2D eigenvalue weighted by molar-refractivity contribution is -0.142. The van der Waals surface area contributed by atoms with E-state index in [0.29, 0.717) is 19.4 Å². The van der Waals surface area contributed by atoms with Gasteiger partial charge in [0.2, 0.25) is 0 Å². The molecule has 1 aliphatic rings. The zero-order valence-corrected chi connectivity index (χ0v) is 10.8. The zero-order valence-electron chi connectivity index (χ0n) is 10.8. The lowest BCUT2D eigenvalue weighted by Gasteiger charge is -2.08. The fraction of sp³-hybridized carbons (Fsp3) is 0.818. The van der Waals surface area contributed by atoms with Crippen molar-refractivity contribution in [3.63, 3.8) is 0 Å². The Hall–Kier alpha value is -1.22. The molecule has 8 heteroatoms. The number of hydrogen-bond donors (Lipinski definition) is 6. The van der Waals surface area contributed by atoms with Crippen molar-refractivity contribution >= 4 is 11.9 Å². The highest BCUT2D eigenvalue weighted by atomic mass is 16.5. The second-order valence-corrected chi connectivity index (χ2v) is 4.29. The summed E-state index contributed by atoms with van der Waals surface area (Å²) in [5.74, 6) is -1.76. The minimum Gasteiger partial charge on any atom is -0.480 e. The van der Waals surface area contributed by atoms with Crippen LogP contribution in [0.5, 0.6) is 0 Å². The maximum absolute atomic E-state index is 10.3. The van der Waals surface area contributed by atoms with Gasteiger partial charge in [0.05, 0.1) is 0 Å². The molecule has 19 heavy (non-hydrogen) atoms. The number of unbranched alkanes of at least 4 members (excludes halogenated alkanes) is 1. The summed E-state index contributed by atoms with van der Waals surface area (Å²) in [5, 5.41) is 28.0. The molecular weight excluding hydrogens is 254 g/mol. The lowest BCUT2D eigenvalue weighted by Crippen LogP contribution is -2.34. The molecular formula is C11H23N3O5. The summed E-state index contributed by atoms with van der Waals surface area (Å²) in [6.45, 7) is 1.41. The van der Waals surface area contributed by atoms with Gasteiger partial charge in [-0.05, 0) is 45.2 Å². The van der Waals surface area contributed by atoms with Gasteiger partial charge in [0.15, 0.2) is 0 Å². The number of carboxylic acid groups (broad SMARTS) is 2. The van der Waals surface area contributed by atoms with E-state index in [9.17, 15) is 9.59 Å². The van der Waals surface area contributed by atoms with Gasteiger partial charge in [-0.1, -0.05) is 0 Å². The number of carboxylic acids is 2. The van der Waals surface area contributed by atoms with Crippen LogP contribution in [0.15, 0.2) is 0 Å². The first-order chi connectivity index (χ1) is 9.02. The van der Waals surface area contributed by atoms with Crippen molar-refractivity contribution in [2.45, 2.75) is 44.2 Å². The summed E-state index contributed by atoms with van der Waals surface area (Å²) in [7, 11) is 0.